The van der Waals surface area contributed by atoms with Gasteiger partial charge in [-0.3, -0.25) is 4.79 Å². The minimum Gasteiger partial charge on any atom is -0.494 e. The molecule has 0 aliphatic rings. The number of halogens is 3. The van der Waals surface area contributed by atoms with E-state index in [0.717, 1.165) is 17.7 Å². The molecule has 1 N–H and O–H groups in total. The molecule has 0 bridgehead atoms. The van der Waals surface area contributed by atoms with Crippen LogP contribution in [-0.2, 0) is 6.61 Å². The average Bonchev–Trinajstić information content (AvgIpc) is 2.79. The number of amides is 1. The minimum absolute atomic E-state index is 0.276. The van der Waals surface area contributed by atoms with Crippen LogP contribution in [-0.4, -0.2) is 18.7 Å². The normalized spacial score (nSPS) is 10.9. The molecule has 8 heteroatoms. The van der Waals surface area contributed by atoms with E-state index in [9.17, 15) is 4.79 Å². The summed E-state index contributed by atoms with van der Waals surface area (Å²) in [4.78, 5) is 12.3. The number of benzene rings is 3. The number of hydrazone groups is 1. The van der Waals surface area contributed by atoms with E-state index >= 15 is 0 Å². The predicted molar refractivity (Wildman–Crippen MR) is 130 cm³/mol. The van der Waals surface area contributed by atoms with Gasteiger partial charge in [-0.25, -0.2) is 5.43 Å². The van der Waals surface area contributed by atoms with E-state index in [1.165, 1.54) is 6.21 Å². The number of nitrogens with one attached hydrogen (secondary N) is 1. The van der Waals surface area contributed by atoms with Crippen LogP contribution in [0.1, 0.15) is 34.8 Å². The van der Waals surface area contributed by atoms with E-state index in [4.69, 9.17) is 44.3 Å². The van der Waals surface area contributed by atoms with E-state index in [2.05, 4.69) is 10.5 Å². The SMILES string of the molecule is CCCOc1ccc(C(=O)N/N=C/c2cc(Cl)ccc2OCc2ccc(Cl)c(Cl)c2)cc1. The van der Waals surface area contributed by atoms with Gasteiger partial charge >= 0.3 is 0 Å². The van der Waals surface area contributed by atoms with E-state index in [-0.39, 0.29) is 12.5 Å². The molecule has 1 amide bonds. The summed E-state index contributed by atoms with van der Waals surface area (Å²) in [5.74, 6) is 0.925. The van der Waals surface area contributed by atoms with Crippen molar-refractivity contribution >= 4 is 46.9 Å². The third kappa shape index (κ3) is 6.89. The molecule has 0 saturated carbocycles. The molecule has 0 aromatic heterocycles. The molecule has 0 saturated heterocycles. The molecule has 0 aliphatic carbocycles. The maximum absolute atomic E-state index is 12.3. The van der Waals surface area contributed by atoms with Gasteiger partial charge in [0, 0.05) is 16.1 Å². The lowest BCUT2D eigenvalue weighted by Gasteiger charge is -2.10. The molecule has 0 heterocycles. The third-order valence-electron chi connectivity index (χ3n) is 4.31. The number of hydrogen-bond acceptors (Lipinski definition) is 4. The molecule has 0 spiro atoms. The standard InChI is InChI=1S/C24H21Cl3N2O3/c1-2-11-31-20-7-4-17(5-8-20)24(30)29-28-14-18-13-19(25)6-10-23(18)32-15-16-3-9-21(26)22(27)12-16/h3-10,12-14H,2,11,15H2,1H3,(H,29,30)/b28-14+. The molecule has 0 aliphatic heterocycles. The molecular formula is C24H21Cl3N2O3. The van der Waals surface area contributed by atoms with Gasteiger partial charge in [0.2, 0.25) is 0 Å². The van der Waals surface area contributed by atoms with Crippen molar-refractivity contribution in [1.82, 2.24) is 5.43 Å². The van der Waals surface area contributed by atoms with Crippen LogP contribution >= 0.6 is 34.8 Å². The maximum atomic E-state index is 12.3. The quantitative estimate of drug-likeness (QED) is 0.265. The summed E-state index contributed by atoms with van der Waals surface area (Å²) >= 11 is 18.1. The topological polar surface area (TPSA) is 59.9 Å². The number of carbonyl (C=O) groups is 1. The number of ether oxygens (including phenoxy) is 2. The summed E-state index contributed by atoms with van der Waals surface area (Å²) in [6.07, 6.45) is 2.40. The van der Waals surface area contributed by atoms with E-state index < -0.39 is 0 Å². The van der Waals surface area contributed by atoms with Crippen molar-refractivity contribution < 1.29 is 14.3 Å². The molecular weight excluding hydrogens is 471 g/mol. The van der Waals surface area contributed by atoms with Crippen LogP contribution < -0.4 is 14.9 Å². The van der Waals surface area contributed by atoms with Crippen molar-refractivity contribution in [3.05, 3.63) is 92.4 Å². The number of hydrogen-bond donors (Lipinski definition) is 1. The van der Waals surface area contributed by atoms with Crippen molar-refractivity contribution in [1.29, 1.82) is 0 Å². The van der Waals surface area contributed by atoms with Gasteiger partial charge in [-0.2, -0.15) is 5.10 Å². The summed E-state index contributed by atoms with van der Waals surface area (Å²) < 4.78 is 11.4. The first kappa shape index (κ1) is 23.9. The Kier molecular flexibility index (Phi) is 8.80. The van der Waals surface area contributed by atoms with Gasteiger partial charge < -0.3 is 9.47 Å². The summed E-state index contributed by atoms with van der Waals surface area (Å²) in [6, 6.07) is 17.3. The second-order valence-electron chi connectivity index (χ2n) is 6.79. The zero-order chi connectivity index (χ0) is 22.9. The average molecular weight is 492 g/mol. The van der Waals surface area contributed by atoms with E-state index in [1.807, 2.05) is 13.0 Å². The summed E-state index contributed by atoms with van der Waals surface area (Å²) in [5.41, 5.74) is 4.44. The van der Waals surface area contributed by atoms with Crippen LogP contribution in [0.15, 0.2) is 65.8 Å². The van der Waals surface area contributed by atoms with Crippen molar-refractivity contribution in [2.45, 2.75) is 20.0 Å². The first-order valence-corrected chi connectivity index (χ1v) is 11.0. The second kappa shape index (κ2) is 11.8. The lowest BCUT2D eigenvalue weighted by Crippen LogP contribution is -2.17. The molecule has 32 heavy (non-hydrogen) atoms. The van der Waals surface area contributed by atoms with Gasteiger partial charge in [0.1, 0.15) is 18.1 Å². The van der Waals surface area contributed by atoms with Crippen molar-refractivity contribution in [3.8, 4) is 11.5 Å². The Morgan fingerprint density at radius 2 is 1.75 bits per heavy atom. The van der Waals surface area contributed by atoms with Crippen LogP contribution in [0.25, 0.3) is 0 Å². The molecule has 0 radical (unpaired) electrons. The molecule has 3 aromatic rings. The lowest BCUT2D eigenvalue weighted by molar-refractivity contribution is 0.0955. The Hall–Kier alpha value is -2.73. The Balaban J connectivity index is 1.63. The van der Waals surface area contributed by atoms with Crippen molar-refractivity contribution in [2.24, 2.45) is 5.10 Å². The Morgan fingerprint density at radius 1 is 0.969 bits per heavy atom. The van der Waals surface area contributed by atoms with Crippen LogP contribution in [0.5, 0.6) is 11.5 Å². The molecule has 166 valence electrons. The predicted octanol–water partition coefficient (Wildman–Crippen LogP) is 6.78. The van der Waals surface area contributed by atoms with Gasteiger partial charge in [-0.1, -0.05) is 47.8 Å². The molecule has 0 fully saturated rings. The molecule has 5 nitrogen and oxygen atoms in total. The lowest BCUT2D eigenvalue weighted by atomic mass is 10.2. The fourth-order valence-corrected chi connectivity index (χ4v) is 3.19. The monoisotopic (exact) mass is 490 g/mol. The molecule has 3 rings (SSSR count). The number of nitrogens with zero attached hydrogens (tertiary/aromatic N) is 1. The largest absolute Gasteiger partial charge is 0.494 e. The summed E-state index contributed by atoms with van der Waals surface area (Å²) in [5, 5.41) is 5.49. The highest BCUT2D eigenvalue weighted by atomic mass is 35.5. The molecule has 3 aromatic carbocycles. The number of rotatable bonds is 9. The zero-order valence-electron chi connectivity index (χ0n) is 17.3. The van der Waals surface area contributed by atoms with Crippen LogP contribution in [0.2, 0.25) is 15.1 Å². The zero-order valence-corrected chi connectivity index (χ0v) is 19.5. The third-order valence-corrected chi connectivity index (χ3v) is 5.28. The highest BCUT2D eigenvalue weighted by Crippen LogP contribution is 2.25. The highest BCUT2D eigenvalue weighted by Gasteiger charge is 2.07. The Morgan fingerprint density at radius 3 is 2.47 bits per heavy atom. The second-order valence-corrected chi connectivity index (χ2v) is 8.04. The van der Waals surface area contributed by atoms with Crippen LogP contribution in [0.4, 0.5) is 0 Å². The van der Waals surface area contributed by atoms with Crippen LogP contribution in [0.3, 0.4) is 0 Å². The van der Waals surface area contributed by atoms with Gasteiger partial charge in [-0.15, -0.1) is 0 Å². The molecule has 0 unspecified atom stereocenters. The van der Waals surface area contributed by atoms with Gasteiger partial charge in [0.05, 0.1) is 22.9 Å². The summed E-state index contributed by atoms with van der Waals surface area (Å²) in [6.45, 7) is 2.94. The minimum atomic E-state index is -0.344. The van der Waals surface area contributed by atoms with Crippen LogP contribution in [0, 0.1) is 0 Å². The first-order chi connectivity index (χ1) is 15.5. The maximum Gasteiger partial charge on any atom is 0.271 e. The van der Waals surface area contributed by atoms with Crippen molar-refractivity contribution in [3.63, 3.8) is 0 Å². The van der Waals surface area contributed by atoms with Gasteiger partial charge in [0.25, 0.3) is 5.91 Å². The fraction of sp³-hybridized carbons (Fsp3) is 0.167. The first-order valence-electron chi connectivity index (χ1n) is 9.89. The van der Waals surface area contributed by atoms with E-state index in [0.29, 0.717) is 38.6 Å². The smallest absolute Gasteiger partial charge is 0.271 e. The Bertz CT molecular complexity index is 1100. The highest BCUT2D eigenvalue weighted by molar-refractivity contribution is 6.42. The Labute approximate surface area is 201 Å². The van der Waals surface area contributed by atoms with Gasteiger partial charge in [-0.05, 0) is 66.6 Å². The van der Waals surface area contributed by atoms with E-state index in [1.54, 1.807) is 54.6 Å². The van der Waals surface area contributed by atoms with Gasteiger partial charge in [0.15, 0.2) is 0 Å². The fourth-order valence-electron chi connectivity index (χ4n) is 2.69. The molecule has 0 atom stereocenters. The number of carbonyl (C=O) groups excluding carboxylic acids is 1. The van der Waals surface area contributed by atoms with Crippen molar-refractivity contribution in [2.75, 3.05) is 6.61 Å². The summed E-state index contributed by atoms with van der Waals surface area (Å²) in [7, 11) is 0.